The van der Waals surface area contributed by atoms with Crippen molar-refractivity contribution in [3.63, 3.8) is 0 Å². The third kappa shape index (κ3) is 7140. The quantitative estimate of drug-likeness (QED) is 0.213. The van der Waals surface area contributed by atoms with Gasteiger partial charge in [-0.25, -0.2) is 0 Å². The second-order valence-corrected chi connectivity index (χ2v) is 4.42. The Kier molecular flexibility index (Phi) is 239. The SMILES string of the molecule is CC(=O)[O-].CC(=O)[O-].CC(=O)[O-].CC(=O)[O-].CC(=O)[O-].CC(=O)[O-].CC(=O)[O-].CC(=O)[O-].CC(=O)[O-].[Al+3].[Al+3].[Al+3].[Al+3].[OH-].[OH-].[OH-]. The molecule has 0 bridgehead atoms. The summed E-state index contributed by atoms with van der Waals surface area (Å²) in [6.45, 7) is 8.75. The number of carbonyl (C=O) groups is 9. The first kappa shape index (κ1) is 105. The zero-order valence-electron chi connectivity index (χ0n) is 24.5. The molecule has 0 amide bonds. The molecule has 0 aromatic rings. The standard InChI is InChI=1S/9C2H4O2.4Al.3H2O/c9*1-2(3)4;;;;;;;/h9*1H3,(H,3,4);;;;;3*1H2/q;;;;;;;;;4*+3;;;/p-12. The van der Waals surface area contributed by atoms with Crippen LogP contribution in [0.2, 0.25) is 0 Å². The minimum absolute atomic E-state index is 0. The zero-order valence-corrected chi connectivity index (χ0v) is 29.1. The number of hydrogen-bond donors (Lipinski definition) is 0. The first-order valence-corrected chi connectivity index (χ1v) is 8.17. The summed E-state index contributed by atoms with van der Waals surface area (Å²) in [4.78, 5) is 80.0. The molecule has 43 heavy (non-hydrogen) atoms. The smallest absolute Gasteiger partial charge is 0.870 e. The van der Waals surface area contributed by atoms with Crippen molar-refractivity contribution in [2.75, 3.05) is 0 Å². The average molecular weight is 690 g/mol. The van der Waals surface area contributed by atoms with Crippen LogP contribution in [-0.2, 0) is 43.2 Å². The van der Waals surface area contributed by atoms with Crippen LogP contribution in [0.5, 0.6) is 0 Å². The molecule has 0 aliphatic rings. The van der Waals surface area contributed by atoms with Crippen LogP contribution in [0.1, 0.15) is 62.3 Å². The first-order chi connectivity index (χ1) is 15.6. The number of aliphatic carboxylic acids is 9. The van der Waals surface area contributed by atoms with E-state index in [4.69, 9.17) is 89.1 Å². The van der Waals surface area contributed by atoms with Gasteiger partial charge in [-0.05, 0) is 62.3 Å². The van der Waals surface area contributed by atoms with Crippen LogP contribution in [0.4, 0.5) is 0 Å². The minimum atomic E-state index is -1.08. The van der Waals surface area contributed by atoms with E-state index in [-0.39, 0.29) is 85.9 Å². The molecule has 0 unspecified atom stereocenters. The van der Waals surface area contributed by atoms with Crippen LogP contribution < -0.4 is 46.0 Å². The van der Waals surface area contributed by atoms with Gasteiger partial charge < -0.3 is 106 Å². The summed E-state index contributed by atoms with van der Waals surface area (Å²) >= 11 is 0. The van der Waals surface area contributed by atoms with E-state index in [1.54, 1.807) is 0 Å². The van der Waals surface area contributed by atoms with Gasteiger partial charge in [0.05, 0.1) is 0 Å². The maximum Gasteiger partial charge on any atom is 3.00 e. The van der Waals surface area contributed by atoms with Crippen LogP contribution in [0.15, 0.2) is 0 Å². The van der Waals surface area contributed by atoms with E-state index < -0.39 is 53.7 Å². The van der Waals surface area contributed by atoms with Crippen molar-refractivity contribution in [1.29, 1.82) is 0 Å². The van der Waals surface area contributed by atoms with Gasteiger partial charge in [-0.15, -0.1) is 0 Å². The van der Waals surface area contributed by atoms with Crippen LogP contribution in [0.25, 0.3) is 0 Å². The number of rotatable bonds is 0. The predicted molar refractivity (Wildman–Crippen MR) is 125 cm³/mol. The van der Waals surface area contributed by atoms with Crippen molar-refractivity contribution in [3.05, 3.63) is 0 Å². The maximum absolute atomic E-state index is 8.89. The van der Waals surface area contributed by atoms with E-state index in [9.17, 15) is 0 Å². The molecule has 0 rings (SSSR count). The summed E-state index contributed by atoms with van der Waals surface area (Å²) in [6.07, 6.45) is 0. The minimum Gasteiger partial charge on any atom is -0.870 e. The van der Waals surface area contributed by atoms with E-state index in [0.29, 0.717) is 0 Å². The molecule has 0 aromatic heterocycles. The summed E-state index contributed by atoms with van der Waals surface area (Å²) in [5.41, 5.74) is 0. The third-order valence-corrected chi connectivity index (χ3v) is 0. The Morgan fingerprint density at radius 2 is 0.233 bits per heavy atom. The van der Waals surface area contributed by atoms with Crippen molar-refractivity contribution in [3.8, 4) is 0 Å². The number of carboxylic acids is 9. The second kappa shape index (κ2) is 97.7. The molecule has 0 atom stereocenters. The Morgan fingerprint density at radius 1 is 0.233 bits per heavy atom. The Bertz CT molecular complexity index is 436. The van der Waals surface area contributed by atoms with Crippen molar-refractivity contribution < 1.29 is 106 Å². The van der Waals surface area contributed by atoms with Crippen molar-refractivity contribution in [1.82, 2.24) is 0 Å². The van der Waals surface area contributed by atoms with Gasteiger partial charge in [0, 0.05) is 53.7 Å². The molecule has 0 saturated carbocycles. The molecular weight excluding hydrogens is 660 g/mol. The summed E-state index contributed by atoms with van der Waals surface area (Å²) in [5.74, 6) is -9.75. The largest absolute Gasteiger partial charge is 3.00 e. The maximum atomic E-state index is 8.89. The molecule has 0 saturated heterocycles. The fourth-order valence-electron chi connectivity index (χ4n) is 0. The second-order valence-electron chi connectivity index (χ2n) is 4.42. The molecule has 0 radical (unpaired) electrons. The van der Waals surface area contributed by atoms with Crippen LogP contribution in [0, 0.1) is 0 Å². The van der Waals surface area contributed by atoms with Crippen molar-refractivity contribution in [2.24, 2.45) is 0 Å². The van der Waals surface area contributed by atoms with Gasteiger partial charge >= 0.3 is 69.4 Å². The molecule has 0 heterocycles. The average Bonchev–Trinajstić information content (AvgIpc) is 2.39. The molecule has 0 aliphatic heterocycles. The summed E-state index contributed by atoms with van der Waals surface area (Å²) in [5, 5.41) is 80.0. The predicted octanol–water partition coefficient (Wildman–Crippen LogP) is -13.2. The number of carboxylic acid groups (broad SMARTS) is 9. The van der Waals surface area contributed by atoms with Crippen LogP contribution in [-0.4, -0.2) is 140 Å². The van der Waals surface area contributed by atoms with E-state index in [1.165, 1.54) is 0 Å². The van der Waals surface area contributed by atoms with E-state index in [2.05, 4.69) is 0 Å². The van der Waals surface area contributed by atoms with Crippen molar-refractivity contribution in [2.45, 2.75) is 62.3 Å². The molecule has 25 heteroatoms. The summed E-state index contributed by atoms with van der Waals surface area (Å²) in [6, 6.07) is 0. The first-order valence-electron chi connectivity index (χ1n) is 8.17. The Labute approximate surface area is 290 Å². The van der Waals surface area contributed by atoms with Gasteiger partial charge in [-0.3, -0.25) is 0 Å². The molecule has 3 N–H and O–H groups in total. The van der Waals surface area contributed by atoms with Crippen LogP contribution in [0.3, 0.4) is 0 Å². The molecule has 21 nitrogen and oxygen atoms in total. The molecule has 0 aromatic carbocycles. The van der Waals surface area contributed by atoms with Gasteiger partial charge in [0.15, 0.2) is 0 Å². The summed E-state index contributed by atoms with van der Waals surface area (Å²) < 4.78 is 0. The van der Waals surface area contributed by atoms with Gasteiger partial charge in [-0.2, -0.15) is 0 Å². The molecule has 240 valence electrons. The van der Waals surface area contributed by atoms with E-state index in [1.807, 2.05) is 0 Å². The fraction of sp³-hybridized carbons (Fsp3) is 0.500. The van der Waals surface area contributed by atoms with Gasteiger partial charge in [0.25, 0.3) is 0 Å². The van der Waals surface area contributed by atoms with Gasteiger partial charge in [0.2, 0.25) is 0 Å². The molecular formula is C18H30Al4O21. The number of carbonyl (C=O) groups excluding carboxylic acids is 9. The topological polar surface area (TPSA) is 451 Å². The number of hydrogen-bond acceptors (Lipinski definition) is 21. The Hall–Kier alpha value is -2.76. The zero-order chi connectivity index (χ0) is 32.2. The van der Waals surface area contributed by atoms with E-state index >= 15 is 0 Å². The van der Waals surface area contributed by atoms with Gasteiger partial charge in [0.1, 0.15) is 0 Å². The monoisotopic (exact) mass is 690 g/mol. The molecule has 0 aliphatic carbocycles. The van der Waals surface area contributed by atoms with E-state index in [0.717, 1.165) is 62.3 Å². The van der Waals surface area contributed by atoms with Gasteiger partial charge in [-0.1, -0.05) is 0 Å². The third-order valence-electron chi connectivity index (χ3n) is 0. The fourth-order valence-corrected chi connectivity index (χ4v) is 0. The normalized spacial score (nSPS) is 5.23. The molecule has 0 fully saturated rings. The Morgan fingerprint density at radius 3 is 0.233 bits per heavy atom. The van der Waals surface area contributed by atoms with Crippen molar-refractivity contribution >= 4 is 123 Å². The summed E-state index contributed by atoms with van der Waals surface area (Å²) in [7, 11) is 0. The molecule has 0 spiro atoms. The van der Waals surface area contributed by atoms with Crippen LogP contribution >= 0.6 is 0 Å². The Balaban J connectivity index is -0.0000000134.